The molecule has 0 spiro atoms. The standard InChI is InChI=1S/C11H23NOS/c1-5-7-8-11(6-2)12-10(3)9-14(4)13/h5,10-12H,1,6-9H2,2-4H3. The lowest BCUT2D eigenvalue weighted by Gasteiger charge is -2.21. The van der Waals surface area contributed by atoms with Crippen LogP contribution in [-0.2, 0) is 10.8 Å². The maximum Gasteiger partial charge on any atom is 0.0383 e. The van der Waals surface area contributed by atoms with E-state index in [2.05, 4.69) is 25.7 Å². The van der Waals surface area contributed by atoms with Crippen LogP contribution in [0.1, 0.15) is 33.1 Å². The number of hydrogen-bond donors (Lipinski definition) is 1. The second-order valence-corrected chi connectivity index (χ2v) is 5.26. The molecule has 0 heterocycles. The first-order chi connectivity index (χ1) is 6.60. The van der Waals surface area contributed by atoms with Crippen LogP contribution in [0.4, 0.5) is 0 Å². The van der Waals surface area contributed by atoms with Crippen LogP contribution in [0, 0.1) is 0 Å². The second kappa shape index (κ2) is 8.18. The topological polar surface area (TPSA) is 29.1 Å². The molecule has 0 aliphatic carbocycles. The fourth-order valence-electron chi connectivity index (χ4n) is 1.53. The largest absolute Gasteiger partial charge is 0.311 e. The van der Waals surface area contributed by atoms with E-state index in [1.807, 2.05) is 6.08 Å². The van der Waals surface area contributed by atoms with E-state index in [1.54, 1.807) is 6.26 Å². The summed E-state index contributed by atoms with van der Waals surface area (Å²) in [6, 6.07) is 0.877. The van der Waals surface area contributed by atoms with Crippen molar-refractivity contribution in [1.29, 1.82) is 0 Å². The van der Waals surface area contributed by atoms with Crippen molar-refractivity contribution < 1.29 is 4.21 Å². The zero-order valence-electron chi connectivity index (χ0n) is 9.58. The minimum Gasteiger partial charge on any atom is -0.311 e. The highest BCUT2D eigenvalue weighted by Crippen LogP contribution is 2.03. The highest BCUT2D eigenvalue weighted by Gasteiger charge is 2.10. The van der Waals surface area contributed by atoms with Gasteiger partial charge in [-0.15, -0.1) is 6.58 Å². The van der Waals surface area contributed by atoms with Gasteiger partial charge in [0.15, 0.2) is 0 Å². The van der Waals surface area contributed by atoms with Crippen molar-refractivity contribution in [3.05, 3.63) is 12.7 Å². The van der Waals surface area contributed by atoms with Crippen molar-refractivity contribution in [3.8, 4) is 0 Å². The van der Waals surface area contributed by atoms with E-state index in [0.29, 0.717) is 12.1 Å². The maximum absolute atomic E-state index is 11.0. The predicted molar refractivity (Wildman–Crippen MR) is 65.0 cm³/mol. The molecule has 0 saturated carbocycles. The summed E-state index contributed by atoms with van der Waals surface area (Å²) in [7, 11) is -0.702. The van der Waals surface area contributed by atoms with Crippen LogP contribution in [0.15, 0.2) is 12.7 Å². The summed E-state index contributed by atoms with van der Waals surface area (Å²) in [5.74, 6) is 0.741. The average Bonchev–Trinajstić information content (AvgIpc) is 2.10. The lowest BCUT2D eigenvalue weighted by molar-refractivity contribution is 0.432. The Hall–Kier alpha value is -0.150. The van der Waals surface area contributed by atoms with Crippen molar-refractivity contribution in [2.24, 2.45) is 0 Å². The van der Waals surface area contributed by atoms with E-state index in [1.165, 1.54) is 0 Å². The lowest BCUT2D eigenvalue weighted by Crippen LogP contribution is -2.39. The third-order valence-electron chi connectivity index (χ3n) is 2.22. The first-order valence-corrected chi connectivity index (χ1v) is 6.99. The molecule has 2 nitrogen and oxygen atoms in total. The zero-order chi connectivity index (χ0) is 11.0. The molecule has 3 heteroatoms. The van der Waals surface area contributed by atoms with E-state index in [4.69, 9.17) is 0 Å². The Morgan fingerprint density at radius 1 is 1.57 bits per heavy atom. The van der Waals surface area contributed by atoms with Crippen LogP contribution < -0.4 is 5.32 Å². The normalized spacial score (nSPS) is 17.4. The van der Waals surface area contributed by atoms with Gasteiger partial charge in [-0.3, -0.25) is 4.21 Å². The summed E-state index contributed by atoms with van der Waals surface area (Å²) in [5.41, 5.74) is 0. The van der Waals surface area contributed by atoms with Crippen molar-refractivity contribution in [3.63, 3.8) is 0 Å². The van der Waals surface area contributed by atoms with Gasteiger partial charge in [-0.2, -0.15) is 0 Å². The molecule has 0 fully saturated rings. The summed E-state index contributed by atoms with van der Waals surface area (Å²) in [4.78, 5) is 0. The summed E-state index contributed by atoms with van der Waals surface area (Å²) in [5, 5.41) is 3.49. The molecule has 3 unspecified atom stereocenters. The Kier molecular flexibility index (Phi) is 8.09. The van der Waals surface area contributed by atoms with Gasteiger partial charge in [-0.05, 0) is 26.2 Å². The van der Waals surface area contributed by atoms with Gasteiger partial charge in [0, 0.05) is 34.9 Å². The van der Waals surface area contributed by atoms with Crippen LogP contribution in [0.5, 0.6) is 0 Å². The lowest BCUT2D eigenvalue weighted by atomic mass is 10.1. The first kappa shape index (κ1) is 13.8. The Bertz CT molecular complexity index is 182. The molecule has 14 heavy (non-hydrogen) atoms. The SMILES string of the molecule is C=CCCC(CC)NC(C)CS(C)=O. The third-order valence-corrected chi connectivity index (χ3v) is 3.19. The summed E-state index contributed by atoms with van der Waals surface area (Å²) >= 11 is 0. The molecule has 0 bridgehead atoms. The highest BCUT2D eigenvalue weighted by molar-refractivity contribution is 7.84. The summed E-state index contributed by atoms with van der Waals surface area (Å²) in [6.45, 7) is 7.99. The molecule has 0 saturated heterocycles. The van der Waals surface area contributed by atoms with E-state index in [9.17, 15) is 4.21 Å². The van der Waals surface area contributed by atoms with Crippen LogP contribution in [-0.4, -0.2) is 28.3 Å². The molecule has 0 amide bonds. The minimum atomic E-state index is -0.702. The van der Waals surface area contributed by atoms with E-state index >= 15 is 0 Å². The Morgan fingerprint density at radius 2 is 2.21 bits per heavy atom. The molecule has 0 aromatic heterocycles. The van der Waals surface area contributed by atoms with Gasteiger partial charge in [0.2, 0.25) is 0 Å². The molecule has 1 N–H and O–H groups in total. The predicted octanol–water partition coefficient (Wildman–Crippen LogP) is 2.09. The van der Waals surface area contributed by atoms with Crippen molar-refractivity contribution in [2.75, 3.05) is 12.0 Å². The summed E-state index contributed by atoms with van der Waals surface area (Å²) < 4.78 is 11.0. The monoisotopic (exact) mass is 217 g/mol. The van der Waals surface area contributed by atoms with Crippen molar-refractivity contribution >= 4 is 10.8 Å². The first-order valence-electron chi connectivity index (χ1n) is 5.27. The van der Waals surface area contributed by atoms with Gasteiger partial charge in [0.25, 0.3) is 0 Å². The maximum atomic E-state index is 11.0. The molecule has 84 valence electrons. The minimum absolute atomic E-state index is 0.343. The fraction of sp³-hybridized carbons (Fsp3) is 0.818. The van der Waals surface area contributed by atoms with Crippen LogP contribution in [0.2, 0.25) is 0 Å². The van der Waals surface area contributed by atoms with E-state index in [0.717, 1.165) is 25.0 Å². The van der Waals surface area contributed by atoms with Gasteiger partial charge in [0.05, 0.1) is 0 Å². The van der Waals surface area contributed by atoms with Gasteiger partial charge >= 0.3 is 0 Å². The average molecular weight is 217 g/mol. The second-order valence-electron chi connectivity index (χ2n) is 3.78. The number of hydrogen-bond acceptors (Lipinski definition) is 2. The zero-order valence-corrected chi connectivity index (χ0v) is 10.4. The Labute approximate surface area is 90.6 Å². The summed E-state index contributed by atoms with van der Waals surface area (Å²) in [6.07, 6.45) is 7.00. The highest BCUT2D eigenvalue weighted by atomic mass is 32.2. The smallest absolute Gasteiger partial charge is 0.0383 e. The van der Waals surface area contributed by atoms with Crippen LogP contribution in [0.25, 0.3) is 0 Å². The molecular formula is C11H23NOS. The molecule has 0 rings (SSSR count). The third kappa shape index (κ3) is 7.27. The van der Waals surface area contributed by atoms with Crippen LogP contribution in [0.3, 0.4) is 0 Å². The van der Waals surface area contributed by atoms with Gasteiger partial charge in [-0.1, -0.05) is 13.0 Å². The fourth-order valence-corrected chi connectivity index (χ4v) is 2.33. The number of allylic oxidation sites excluding steroid dienone is 1. The number of nitrogens with one attached hydrogen (secondary N) is 1. The number of rotatable bonds is 8. The molecule has 0 aliphatic heterocycles. The molecular weight excluding hydrogens is 194 g/mol. The molecule has 0 aromatic carbocycles. The van der Waals surface area contributed by atoms with E-state index in [-0.39, 0.29) is 0 Å². The Morgan fingerprint density at radius 3 is 2.64 bits per heavy atom. The Balaban J connectivity index is 3.78. The molecule has 0 radical (unpaired) electrons. The van der Waals surface area contributed by atoms with Crippen molar-refractivity contribution in [1.82, 2.24) is 5.32 Å². The molecule has 3 atom stereocenters. The van der Waals surface area contributed by atoms with Gasteiger partial charge in [0.1, 0.15) is 0 Å². The molecule has 0 aromatic rings. The van der Waals surface area contributed by atoms with Gasteiger partial charge < -0.3 is 5.32 Å². The van der Waals surface area contributed by atoms with Crippen LogP contribution >= 0.6 is 0 Å². The van der Waals surface area contributed by atoms with Crippen molar-refractivity contribution in [2.45, 2.75) is 45.2 Å². The quantitative estimate of drug-likeness (QED) is 0.631. The van der Waals surface area contributed by atoms with Gasteiger partial charge in [-0.25, -0.2) is 0 Å². The van der Waals surface area contributed by atoms with E-state index < -0.39 is 10.8 Å². The molecule has 0 aliphatic rings.